The van der Waals surface area contributed by atoms with Crippen molar-refractivity contribution in [2.45, 2.75) is 163 Å². The van der Waals surface area contributed by atoms with E-state index >= 15 is 0 Å². The minimum absolute atomic E-state index is 0.119. The SMILES string of the molecule is COC(=O)CC1Nc2ccc([C@@H](O)N(C)Cc3nc4ccccc4[nH]3)cc2CN(CCCCCCNC(=O)[C@H](CC[C@@H](O)NC[C@@H](O)[C@@H](O)[C@@H](O)[C@@H](O)CO)N[C@H](O)[C@@H](N)CCC(=O)NC[C@H](O)[C@H](O)[C@H](O)[C@H](O)CO)[C@@H]1O. The van der Waals surface area contributed by atoms with Gasteiger partial charge < -0.3 is 103 Å². The molecule has 1 aliphatic rings. The number of nitrogens with one attached hydrogen (secondary N) is 6. The van der Waals surface area contributed by atoms with E-state index in [1.807, 2.05) is 41.3 Å². The first-order valence-electron chi connectivity index (χ1n) is 26.1. The molecule has 28 nitrogen and oxygen atoms in total. The number of benzene rings is 2. The number of aliphatic hydroxyl groups excluding tert-OH is 14. The highest BCUT2D eigenvalue weighted by Crippen LogP contribution is 2.31. The third-order valence-electron chi connectivity index (χ3n) is 13.7. The van der Waals surface area contributed by atoms with Crippen LogP contribution in [0.1, 0.15) is 81.0 Å². The zero-order valence-corrected chi connectivity index (χ0v) is 44.0. The lowest BCUT2D eigenvalue weighted by atomic mass is 10.0. The highest BCUT2D eigenvalue weighted by atomic mass is 16.5. The number of H-pyrrole nitrogens is 1. The molecular formula is C50H84N10O18. The number of aliphatic hydroxyl groups is 14. The van der Waals surface area contributed by atoms with Gasteiger partial charge in [0, 0.05) is 50.9 Å². The van der Waals surface area contributed by atoms with E-state index in [1.54, 1.807) is 18.0 Å². The molecule has 1 aromatic heterocycles. The standard InChI is InChI=1S/C50H84N10O18/c1-59(24-39-56-31-9-5-6-10-32(31)57-39)49(76)27-11-13-30-28(19-27)23-60(50(77)34(55-30)20-42(69)78-2)18-8-4-3-7-17-52-48(75)33(14-16-41(68)54-22-36(64)44(71)46(73)38(66)26-62)58-47(74)29(51)12-15-40(67)53-21-35(63)43(70)45(72)37(65)25-61/h5-6,9-11,13,19,29,33-38,41,43-47,49-50,54-55,58,61-66,68,70-74,76-77H,3-4,7-8,12,14-18,20-26,51H2,1-2H3,(H,52,75)(H,53,67)(H,56,57)/t29-,33-,34?,35-,36+,37+,38-,41+,43-,44+,45+,46-,47+,49+,50+/m0/s1. The Morgan fingerprint density at radius 1 is 0.821 bits per heavy atom. The van der Waals surface area contributed by atoms with Gasteiger partial charge in [0.15, 0.2) is 0 Å². The van der Waals surface area contributed by atoms with Crippen LogP contribution in [0, 0.1) is 0 Å². The number of carbonyl (C=O) groups is 3. The fourth-order valence-corrected chi connectivity index (χ4v) is 8.74. The van der Waals surface area contributed by atoms with Gasteiger partial charge in [-0.2, -0.15) is 0 Å². The summed E-state index contributed by atoms with van der Waals surface area (Å²) < 4.78 is 4.92. The monoisotopic (exact) mass is 1110 g/mol. The molecule has 3 aromatic rings. The van der Waals surface area contributed by atoms with E-state index < -0.39 is 136 Å². The topological polar surface area (TPSA) is 465 Å². The van der Waals surface area contributed by atoms with Crippen LogP contribution in [0.25, 0.3) is 11.0 Å². The number of carbonyl (C=O) groups excluding carboxylic acids is 3. The third-order valence-corrected chi connectivity index (χ3v) is 13.7. The summed E-state index contributed by atoms with van der Waals surface area (Å²) in [4.78, 5) is 50.1. The number of imidazole rings is 1. The number of aromatic nitrogens is 2. The maximum Gasteiger partial charge on any atom is 0.307 e. The Balaban J connectivity index is 1.32. The van der Waals surface area contributed by atoms with Gasteiger partial charge in [0.25, 0.3) is 0 Å². The van der Waals surface area contributed by atoms with Crippen molar-refractivity contribution in [2.75, 3.05) is 58.9 Å². The molecule has 4 rings (SSSR count). The van der Waals surface area contributed by atoms with Gasteiger partial charge in [0.2, 0.25) is 11.8 Å². The van der Waals surface area contributed by atoms with Gasteiger partial charge in [0.05, 0.1) is 68.6 Å². The Labute approximate surface area is 451 Å². The van der Waals surface area contributed by atoms with Crippen LogP contribution in [0.2, 0.25) is 0 Å². The van der Waals surface area contributed by atoms with Gasteiger partial charge in [-0.05, 0) is 74.5 Å². The van der Waals surface area contributed by atoms with Crippen LogP contribution in [-0.2, 0) is 32.2 Å². The number of anilines is 1. The molecule has 0 aliphatic carbocycles. The number of unbranched alkanes of at least 4 members (excludes halogenated alkanes) is 3. The van der Waals surface area contributed by atoms with Crippen molar-refractivity contribution in [2.24, 2.45) is 5.73 Å². The highest BCUT2D eigenvalue weighted by Gasteiger charge is 2.34. The lowest BCUT2D eigenvalue weighted by Gasteiger charge is -2.30. The van der Waals surface area contributed by atoms with Crippen molar-refractivity contribution in [3.8, 4) is 0 Å². The predicted octanol–water partition coefficient (Wildman–Crippen LogP) is -6.10. The molecule has 0 radical (unpaired) electrons. The molecule has 0 fully saturated rings. The summed E-state index contributed by atoms with van der Waals surface area (Å²) in [6.45, 7) is -1.59. The molecule has 1 unspecified atom stereocenters. The van der Waals surface area contributed by atoms with Crippen LogP contribution in [0.5, 0.6) is 0 Å². The molecule has 442 valence electrons. The van der Waals surface area contributed by atoms with Crippen molar-refractivity contribution >= 4 is 34.5 Å². The van der Waals surface area contributed by atoms with E-state index in [1.165, 1.54) is 7.11 Å². The van der Waals surface area contributed by atoms with Crippen LogP contribution < -0.4 is 32.3 Å². The van der Waals surface area contributed by atoms with Crippen molar-refractivity contribution < 1.29 is 90.6 Å². The molecule has 0 saturated heterocycles. The van der Waals surface area contributed by atoms with Crippen molar-refractivity contribution in [1.29, 1.82) is 0 Å². The number of ether oxygens (including phenoxy) is 1. The fourth-order valence-electron chi connectivity index (χ4n) is 8.74. The number of nitrogens with zero attached hydrogens (tertiary/aromatic N) is 3. The van der Waals surface area contributed by atoms with E-state index in [0.29, 0.717) is 55.8 Å². The van der Waals surface area contributed by atoms with Gasteiger partial charge in [-0.1, -0.05) is 31.0 Å². The lowest BCUT2D eigenvalue weighted by molar-refractivity contribution is -0.142. The molecule has 28 heteroatoms. The molecular weight excluding hydrogens is 1030 g/mol. The van der Waals surface area contributed by atoms with Crippen LogP contribution >= 0.6 is 0 Å². The molecule has 78 heavy (non-hydrogen) atoms. The van der Waals surface area contributed by atoms with Gasteiger partial charge in [0.1, 0.15) is 67.4 Å². The van der Waals surface area contributed by atoms with Gasteiger partial charge in [-0.3, -0.25) is 34.8 Å². The summed E-state index contributed by atoms with van der Waals surface area (Å²) in [6.07, 6.45) is -18.1. The van der Waals surface area contributed by atoms with Crippen molar-refractivity contribution in [3.05, 3.63) is 59.4 Å². The average Bonchev–Trinajstić information content (AvgIpc) is 3.83. The summed E-state index contributed by atoms with van der Waals surface area (Å²) in [6, 6.07) is 10.0. The number of para-hydroxylation sites is 2. The maximum absolute atomic E-state index is 13.6. The molecule has 15 atom stereocenters. The quantitative estimate of drug-likeness (QED) is 0.0146. The Kier molecular flexibility index (Phi) is 28.0. The smallest absolute Gasteiger partial charge is 0.307 e. The molecule has 1 aliphatic heterocycles. The second kappa shape index (κ2) is 33.2. The Hall–Kier alpha value is -4.64. The minimum Gasteiger partial charge on any atom is -0.469 e. The van der Waals surface area contributed by atoms with Gasteiger partial charge in [-0.25, -0.2) is 4.98 Å². The molecule has 2 aromatic carbocycles. The highest BCUT2D eigenvalue weighted by molar-refractivity contribution is 5.81. The summed E-state index contributed by atoms with van der Waals surface area (Å²) in [5.41, 5.74) is 9.95. The molecule has 2 heterocycles. The first kappa shape index (κ1) is 65.9. The van der Waals surface area contributed by atoms with Crippen molar-refractivity contribution in [3.63, 3.8) is 0 Å². The number of hydrogen-bond acceptors (Lipinski definition) is 25. The Bertz CT molecular complexity index is 2220. The Morgan fingerprint density at radius 2 is 1.46 bits per heavy atom. The zero-order chi connectivity index (χ0) is 57.6. The number of hydrogen-bond donors (Lipinski definition) is 21. The number of nitrogens with two attached hydrogens (primary N) is 1. The van der Waals surface area contributed by atoms with E-state index in [-0.39, 0.29) is 45.2 Å². The molecule has 2 amide bonds. The van der Waals surface area contributed by atoms with Crippen LogP contribution in [0.15, 0.2) is 42.5 Å². The first-order chi connectivity index (χ1) is 37.1. The lowest BCUT2D eigenvalue weighted by Crippen LogP contribution is -2.55. The largest absolute Gasteiger partial charge is 0.469 e. The second-order valence-electron chi connectivity index (χ2n) is 19.8. The molecule has 22 N–H and O–H groups in total. The average molecular weight is 1110 g/mol. The van der Waals surface area contributed by atoms with Gasteiger partial charge >= 0.3 is 5.97 Å². The molecule has 0 spiro atoms. The number of aromatic amines is 1. The Morgan fingerprint density at radius 3 is 2.12 bits per heavy atom. The third kappa shape index (κ3) is 20.5. The zero-order valence-electron chi connectivity index (χ0n) is 44.0. The number of methoxy groups -OCH3 is 1. The summed E-state index contributed by atoms with van der Waals surface area (Å²) in [7, 11) is 3.05. The first-order valence-corrected chi connectivity index (χ1v) is 26.1. The molecule has 0 bridgehead atoms. The van der Waals surface area contributed by atoms with E-state index in [0.717, 1.165) is 16.6 Å². The fraction of sp³-hybridized carbons (Fsp3) is 0.680. The second-order valence-corrected chi connectivity index (χ2v) is 19.8. The number of rotatable bonds is 36. The van der Waals surface area contributed by atoms with Gasteiger partial charge in [-0.15, -0.1) is 0 Å². The van der Waals surface area contributed by atoms with E-state index in [2.05, 4.69) is 36.6 Å². The number of esters is 1. The number of fused-ring (bicyclic) bond motifs is 2. The number of amides is 2. The predicted molar refractivity (Wildman–Crippen MR) is 280 cm³/mol. The van der Waals surface area contributed by atoms with Crippen LogP contribution in [0.4, 0.5) is 5.69 Å². The summed E-state index contributed by atoms with van der Waals surface area (Å²) in [5, 5.41) is 156. The van der Waals surface area contributed by atoms with Crippen LogP contribution in [-0.4, -0.2) is 248 Å². The summed E-state index contributed by atoms with van der Waals surface area (Å²) >= 11 is 0. The van der Waals surface area contributed by atoms with E-state index in [9.17, 15) is 75.7 Å². The molecule has 0 saturated carbocycles. The minimum atomic E-state index is -1.91. The van der Waals surface area contributed by atoms with Crippen molar-refractivity contribution in [1.82, 2.24) is 41.0 Å². The van der Waals surface area contributed by atoms with Crippen LogP contribution in [0.3, 0.4) is 0 Å². The maximum atomic E-state index is 13.6. The summed E-state index contributed by atoms with van der Waals surface area (Å²) in [5.74, 6) is -1.10. The van der Waals surface area contributed by atoms with E-state index in [4.69, 9.17) is 20.7 Å². The normalized spacial score (nSPS) is 20.1.